The van der Waals surface area contributed by atoms with Crippen LogP contribution in [-0.2, 0) is 14.3 Å². The summed E-state index contributed by atoms with van der Waals surface area (Å²) >= 11 is 0. The van der Waals surface area contributed by atoms with Crippen LogP contribution in [0.25, 0.3) is 0 Å². The highest BCUT2D eigenvalue weighted by atomic mass is 16.6. The SMILES string of the molecule is CC(C)OC(=O)C(=O)C1C[C@H]1c1ccccc1[N+](=O)[O-]. The molecule has 1 aromatic carbocycles. The van der Waals surface area contributed by atoms with Gasteiger partial charge in [0, 0.05) is 23.5 Å². The smallest absolute Gasteiger partial charge is 0.375 e. The van der Waals surface area contributed by atoms with E-state index in [1.807, 2.05) is 0 Å². The molecule has 106 valence electrons. The van der Waals surface area contributed by atoms with E-state index >= 15 is 0 Å². The first-order chi connectivity index (χ1) is 9.41. The number of carbonyl (C=O) groups excluding carboxylic acids is 2. The zero-order chi connectivity index (χ0) is 14.9. The van der Waals surface area contributed by atoms with Crippen molar-refractivity contribution in [1.29, 1.82) is 0 Å². The molecule has 0 amide bonds. The molecule has 0 heterocycles. The summed E-state index contributed by atoms with van der Waals surface area (Å²) in [5, 5.41) is 10.9. The van der Waals surface area contributed by atoms with E-state index in [4.69, 9.17) is 4.74 Å². The second-order valence-corrected chi connectivity index (χ2v) is 5.08. The second kappa shape index (κ2) is 5.40. The van der Waals surface area contributed by atoms with Crippen LogP contribution in [-0.4, -0.2) is 22.8 Å². The summed E-state index contributed by atoms with van der Waals surface area (Å²) in [6.07, 6.45) is 0.103. The van der Waals surface area contributed by atoms with E-state index in [9.17, 15) is 19.7 Å². The maximum atomic E-state index is 11.9. The van der Waals surface area contributed by atoms with Crippen molar-refractivity contribution in [3.8, 4) is 0 Å². The summed E-state index contributed by atoms with van der Waals surface area (Å²) in [5.41, 5.74) is 0.498. The monoisotopic (exact) mass is 277 g/mol. The molecule has 0 aliphatic heterocycles. The Kier molecular flexibility index (Phi) is 3.83. The minimum Gasteiger partial charge on any atom is -0.457 e. The lowest BCUT2D eigenvalue weighted by Crippen LogP contribution is -2.23. The lowest BCUT2D eigenvalue weighted by Gasteiger charge is -2.06. The first kappa shape index (κ1) is 14.2. The number of nitro groups is 1. The number of ketones is 1. The topological polar surface area (TPSA) is 86.5 Å². The van der Waals surface area contributed by atoms with Gasteiger partial charge in [0.15, 0.2) is 0 Å². The van der Waals surface area contributed by atoms with Crippen molar-refractivity contribution in [3.05, 3.63) is 39.9 Å². The van der Waals surface area contributed by atoms with Crippen LogP contribution >= 0.6 is 0 Å². The van der Waals surface area contributed by atoms with Gasteiger partial charge in [0.1, 0.15) is 0 Å². The molecule has 6 nitrogen and oxygen atoms in total. The van der Waals surface area contributed by atoms with Crippen LogP contribution in [0.4, 0.5) is 5.69 Å². The van der Waals surface area contributed by atoms with Gasteiger partial charge in [-0.1, -0.05) is 18.2 Å². The van der Waals surface area contributed by atoms with E-state index < -0.39 is 22.6 Å². The van der Waals surface area contributed by atoms with Gasteiger partial charge in [0.2, 0.25) is 5.78 Å². The predicted molar refractivity (Wildman–Crippen MR) is 70.2 cm³/mol. The van der Waals surface area contributed by atoms with Gasteiger partial charge in [-0.25, -0.2) is 4.79 Å². The number of para-hydroxylation sites is 1. The molecule has 2 atom stereocenters. The normalized spacial score (nSPS) is 20.6. The Bertz CT molecular complexity index is 566. The van der Waals surface area contributed by atoms with Crippen molar-refractivity contribution in [1.82, 2.24) is 0 Å². The summed E-state index contributed by atoms with van der Waals surface area (Å²) in [5.74, 6) is -2.21. The standard InChI is InChI=1S/C14H15NO5/c1-8(2)20-14(17)13(16)11-7-10(11)9-5-3-4-6-12(9)15(18)19/h3-6,8,10-11H,7H2,1-2H3/t10-,11?/m0/s1. The fourth-order valence-corrected chi connectivity index (χ4v) is 2.22. The molecule has 1 aliphatic rings. The third-order valence-corrected chi connectivity index (χ3v) is 3.20. The second-order valence-electron chi connectivity index (χ2n) is 5.08. The molecule has 1 aliphatic carbocycles. The van der Waals surface area contributed by atoms with Crippen LogP contribution in [0.1, 0.15) is 31.7 Å². The first-order valence-corrected chi connectivity index (χ1v) is 6.40. The lowest BCUT2D eigenvalue weighted by atomic mass is 10.1. The number of ether oxygens (including phenoxy) is 1. The number of Topliss-reactive ketones (excluding diaryl/α,β-unsaturated/α-hetero) is 1. The highest BCUT2D eigenvalue weighted by Crippen LogP contribution is 2.50. The van der Waals surface area contributed by atoms with E-state index in [1.54, 1.807) is 32.0 Å². The number of rotatable bonds is 5. The summed E-state index contributed by atoms with van der Waals surface area (Å²) in [6, 6.07) is 6.30. The van der Waals surface area contributed by atoms with Crippen molar-refractivity contribution >= 4 is 17.4 Å². The van der Waals surface area contributed by atoms with Gasteiger partial charge in [0.25, 0.3) is 5.69 Å². The fourth-order valence-electron chi connectivity index (χ4n) is 2.22. The van der Waals surface area contributed by atoms with E-state index in [-0.39, 0.29) is 17.7 Å². The third kappa shape index (κ3) is 2.84. The molecule has 0 N–H and O–H groups in total. The van der Waals surface area contributed by atoms with Crippen LogP contribution in [0, 0.1) is 16.0 Å². The largest absolute Gasteiger partial charge is 0.457 e. The molecule has 0 radical (unpaired) electrons. The number of benzene rings is 1. The Hall–Kier alpha value is -2.24. The highest BCUT2D eigenvalue weighted by molar-refractivity contribution is 6.35. The van der Waals surface area contributed by atoms with Gasteiger partial charge in [-0.2, -0.15) is 0 Å². The Morgan fingerprint density at radius 3 is 2.60 bits per heavy atom. The number of nitrogens with zero attached hydrogens (tertiary/aromatic N) is 1. The van der Waals surface area contributed by atoms with Crippen LogP contribution in [0.5, 0.6) is 0 Å². The highest BCUT2D eigenvalue weighted by Gasteiger charge is 2.49. The summed E-state index contributed by atoms with van der Waals surface area (Å²) in [7, 11) is 0. The Morgan fingerprint density at radius 1 is 1.35 bits per heavy atom. The summed E-state index contributed by atoms with van der Waals surface area (Å²) in [6.45, 7) is 3.33. The fraction of sp³-hybridized carbons (Fsp3) is 0.429. The maximum Gasteiger partial charge on any atom is 0.375 e. The summed E-state index contributed by atoms with van der Waals surface area (Å²) < 4.78 is 4.85. The molecule has 1 saturated carbocycles. The Labute approximate surface area is 115 Å². The number of hydrogen-bond donors (Lipinski definition) is 0. The average Bonchev–Trinajstić information content (AvgIpc) is 3.17. The molecule has 0 aromatic heterocycles. The molecule has 0 bridgehead atoms. The zero-order valence-corrected chi connectivity index (χ0v) is 11.2. The predicted octanol–water partition coefficient (Wildman–Crippen LogP) is 2.22. The van der Waals surface area contributed by atoms with Crippen LogP contribution in [0.3, 0.4) is 0 Å². The molecular weight excluding hydrogens is 262 g/mol. The van der Waals surface area contributed by atoms with Gasteiger partial charge in [-0.05, 0) is 20.3 Å². The lowest BCUT2D eigenvalue weighted by molar-refractivity contribution is -0.385. The molecule has 1 aromatic rings. The maximum absolute atomic E-state index is 11.9. The van der Waals surface area contributed by atoms with Gasteiger partial charge in [-0.15, -0.1) is 0 Å². The third-order valence-electron chi connectivity index (χ3n) is 3.20. The summed E-state index contributed by atoms with van der Waals surface area (Å²) in [4.78, 5) is 33.9. The number of nitro benzene ring substituents is 1. The first-order valence-electron chi connectivity index (χ1n) is 6.40. The van der Waals surface area contributed by atoms with Crippen LogP contribution < -0.4 is 0 Å². The number of esters is 1. The van der Waals surface area contributed by atoms with Crippen LogP contribution in [0.15, 0.2) is 24.3 Å². The quantitative estimate of drug-likeness (QED) is 0.356. The van der Waals surface area contributed by atoms with Crippen molar-refractivity contribution in [2.45, 2.75) is 32.3 Å². The molecule has 0 saturated heterocycles. The zero-order valence-electron chi connectivity index (χ0n) is 11.2. The van der Waals surface area contributed by atoms with Gasteiger partial charge in [0.05, 0.1) is 11.0 Å². The molecular formula is C14H15NO5. The average molecular weight is 277 g/mol. The molecule has 0 spiro atoms. The Balaban J connectivity index is 2.11. The van der Waals surface area contributed by atoms with E-state index in [2.05, 4.69) is 0 Å². The van der Waals surface area contributed by atoms with Gasteiger partial charge >= 0.3 is 5.97 Å². The van der Waals surface area contributed by atoms with Crippen LogP contribution in [0.2, 0.25) is 0 Å². The molecule has 20 heavy (non-hydrogen) atoms. The molecule has 6 heteroatoms. The van der Waals surface area contributed by atoms with Crippen molar-refractivity contribution in [2.75, 3.05) is 0 Å². The Morgan fingerprint density at radius 2 is 2.00 bits per heavy atom. The van der Waals surface area contributed by atoms with Crippen molar-refractivity contribution in [2.24, 2.45) is 5.92 Å². The molecule has 2 rings (SSSR count). The van der Waals surface area contributed by atoms with Crippen molar-refractivity contribution in [3.63, 3.8) is 0 Å². The number of carbonyl (C=O) groups is 2. The molecule has 1 unspecified atom stereocenters. The van der Waals surface area contributed by atoms with E-state index in [1.165, 1.54) is 6.07 Å². The molecule has 1 fully saturated rings. The van der Waals surface area contributed by atoms with Gasteiger partial charge < -0.3 is 4.74 Å². The minimum atomic E-state index is -0.855. The van der Waals surface area contributed by atoms with Crippen molar-refractivity contribution < 1.29 is 19.2 Å². The minimum absolute atomic E-state index is 0.00923. The van der Waals surface area contributed by atoms with Gasteiger partial charge in [-0.3, -0.25) is 14.9 Å². The van der Waals surface area contributed by atoms with E-state index in [0.29, 0.717) is 12.0 Å². The number of hydrogen-bond acceptors (Lipinski definition) is 5. The van der Waals surface area contributed by atoms with E-state index in [0.717, 1.165) is 0 Å².